The molecular weight excluding hydrogens is 314 g/mol. The molecule has 0 saturated carbocycles. The lowest BCUT2D eigenvalue weighted by atomic mass is 9.99. The molecule has 1 heterocycles. The van der Waals surface area contributed by atoms with Crippen molar-refractivity contribution in [3.05, 3.63) is 29.3 Å². The topological polar surface area (TPSA) is 75.6 Å². The Hall–Kier alpha value is -1.69. The third-order valence-electron chi connectivity index (χ3n) is 4.10. The quantitative estimate of drug-likeness (QED) is 0.748. The molecule has 1 aromatic carbocycles. The predicted molar refractivity (Wildman–Crippen MR) is 91.1 cm³/mol. The minimum Gasteiger partial charge on any atom is -0.494 e. The zero-order chi connectivity index (χ0) is 16.9. The van der Waals surface area contributed by atoms with Crippen molar-refractivity contribution < 1.29 is 19.4 Å². The van der Waals surface area contributed by atoms with Crippen LogP contribution < -0.4 is 10.1 Å². The minimum absolute atomic E-state index is 0.224. The molecule has 0 spiro atoms. The lowest BCUT2D eigenvalue weighted by Crippen LogP contribution is -2.54. The smallest absolute Gasteiger partial charge is 0.330 e. The summed E-state index contributed by atoms with van der Waals surface area (Å²) in [6.07, 6.45) is 1.31. The molecule has 0 bridgehead atoms. The molecule has 126 valence electrons. The van der Waals surface area contributed by atoms with Crippen LogP contribution in [0.2, 0.25) is 0 Å². The second-order valence-electron chi connectivity index (χ2n) is 5.94. The highest BCUT2D eigenvalue weighted by Gasteiger charge is 2.43. The first-order valence-corrected chi connectivity index (χ1v) is 8.91. The van der Waals surface area contributed by atoms with Crippen molar-refractivity contribution in [3.8, 4) is 5.75 Å². The van der Waals surface area contributed by atoms with E-state index in [-0.39, 0.29) is 12.3 Å². The molecule has 2 N–H and O–H groups in total. The first-order valence-electron chi connectivity index (χ1n) is 7.75. The molecule has 2 rings (SSSR count). The van der Waals surface area contributed by atoms with Crippen LogP contribution >= 0.6 is 11.8 Å². The summed E-state index contributed by atoms with van der Waals surface area (Å²) in [5.41, 5.74) is 1.30. The molecule has 1 unspecified atom stereocenters. The molecule has 1 fully saturated rings. The highest BCUT2D eigenvalue weighted by molar-refractivity contribution is 7.99. The fraction of sp³-hybridized carbons (Fsp3) is 0.529. The van der Waals surface area contributed by atoms with Crippen LogP contribution in [0.25, 0.3) is 0 Å². The third-order valence-corrected chi connectivity index (χ3v) is 5.29. The standard InChI is InChI=1S/C17H23NO4S/c1-12-5-6-14(10-13(12)2)22-8-3-4-15(19)18-17(16(20)21)7-9-23-11-17/h5-6,10H,3-4,7-9,11H2,1-2H3,(H,18,19)(H,20,21). The summed E-state index contributed by atoms with van der Waals surface area (Å²) < 4.78 is 5.63. The van der Waals surface area contributed by atoms with E-state index in [0.717, 1.165) is 11.5 Å². The number of benzene rings is 1. The van der Waals surface area contributed by atoms with E-state index in [9.17, 15) is 14.7 Å². The Labute approximate surface area is 140 Å². The van der Waals surface area contributed by atoms with E-state index in [1.807, 2.05) is 32.0 Å². The second kappa shape index (κ2) is 7.73. The summed E-state index contributed by atoms with van der Waals surface area (Å²) in [6, 6.07) is 5.90. The Morgan fingerprint density at radius 3 is 2.74 bits per heavy atom. The summed E-state index contributed by atoms with van der Waals surface area (Å²) in [5, 5.41) is 12.0. The van der Waals surface area contributed by atoms with Gasteiger partial charge >= 0.3 is 5.97 Å². The molecule has 1 saturated heterocycles. The first kappa shape index (κ1) is 17.7. The van der Waals surface area contributed by atoms with Gasteiger partial charge in [-0.15, -0.1) is 0 Å². The Morgan fingerprint density at radius 2 is 2.13 bits per heavy atom. The van der Waals surface area contributed by atoms with Crippen LogP contribution in [0.1, 0.15) is 30.4 Å². The summed E-state index contributed by atoms with van der Waals surface area (Å²) in [5.74, 6) is 0.832. The molecule has 0 radical (unpaired) electrons. The number of nitrogens with one attached hydrogen (secondary N) is 1. The molecular formula is C17H23NO4S. The number of thioether (sulfide) groups is 1. The number of carbonyl (C=O) groups is 2. The van der Waals surface area contributed by atoms with Crippen LogP contribution in [-0.2, 0) is 9.59 Å². The van der Waals surface area contributed by atoms with Crippen LogP contribution in [0.15, 0.2) is 18.2 Å². The van der Waals surface area contributed by atoms with Crippen LogP contribution in [0.5, 0.6) is 5.75 Å². The lowest BCUT2D eigenvalue weighted by Gasteiger charge is -2.24. The van der Waals surface area contributed by atoms with Crippen LogP contribution in [0, 0.1) is 13.8 Å². The van der Waals surface area contributed by atoms with Gasteiger partial charge in [0.05, 0.1) is 6.61 Å². The number of aliphatic carboxylic acids is 1. The fourth-order valence-electron chi connectivity index (χ4n) is 2.44. The largest absolute Gasteiger partial charge is 0.494 e. The number of carboxylic acids is 1. The normalized spacial score (nSPS) is 20.3. The molecule has 1 amide bonds. The number of aryl methyl sites for hydroxylation is 2. The lowest BCUT2D eigenvalue weighted by molar-refractivity contribution is -0.146. The molecule has 1 aliphatic rings. The second-order valence-corrected chi connectivity index (χ2v) is 7.04. The number of carbonyl (C=O) groups excluding carboxylic acids is 1. The summed E-state index contributed by atoms with van der Waals surface area (Å²) in [6.45, 7) is 4.51. The SMILES string of the molecule is Cc1ccc(OCCCC(=O)NC2(C(=O)O)CCSC2)cc1C. The molecule has 1 aliphatic heterocycles. The average molecular weight is 337 g/mol. The van der Waals surface area contributed by atoms with Crippen molar-refractivity contribution in [2.45, 2.75) is 38.6 Å². The van der Waals surface area contributed by atoms with Gasteiger partial charge in [-0.2, -0.15) is 11.8 Å². The van der Waals surface area contributed by atoms with E-state index in [4.69, 9.17) is 4.74 Å². The van der Waals surface area contributed by atoms with E-state index in [1.54, 1.807) is 11.8 Å². The Morgan fingerprint density at radius 1 is 1.35 bits per heavy atom. The van der Waals surface area contributed by atoms with Crippen molar-refractivity contribution in [3.63, 3.8) is 0 Å². The van der Waals surface area contributed by atoms with E-state index >= 15 is 0 Å². The number of carboxylic acid groups (broad SMARTS) is 1. The van der Waals surface area contributed by atoms with Crippen LogP contribution in [-0.4, -0.2) is 40.6 Å². The van der Waals surface area contributed by atoms with Gasteiger partial charge in [-0.3, -0.25) is 4.79 Å². The monoisotopic (exact) mass is 337 g/mol. The van der Waals surface area contributed by atoms with Crippen molar-refractivity contribution in [1.82, 2.24) is 5.32 Å². The van der Waals surface area contributed by atoms with Gasteiger partial charge in [0.2, 0.25) is 5.91 Å². The zero-order valence-corrected chi connectivity index (χ0v) is 14.4. The van der Waals surface area contributed by atoms with Crippen molar-refractivity contribution in [2.24, 2.45) is 0 Å². The van der Waals surface area contributed by atoms with Gasteiger partial charge in [-0.1, -0.05) is 6.07 Å². The summed E-state index contributed by atoms with van der Waals surface area (Å²) >= 11 is 1.56. The Kier molecular flexibility index (Phi) is 5.93. The molecule has 0 aromatic heterocycles. The molecule has 0 aliphatic carbocycles. The minimum atomic E-state index is -1.09. The van der Waals surface area contributed by atoms with Gasteiger partial charge in [0.1, 0.15) is 11.3 Å². The van der Waals surface area contributed by atoms with Gasteiger partial charge in [-0.25, -0.2) is 4.79 Å². The fourth-order valence-corrected chi connectivity index (χ4v) is 3.77. The third kappa shape index (κ3) is 4.64. The number of hydrogen-bond donors (Lipinski definition) is 2. The molecule has 6 heteroatoms. The summed E-state index contributed by atoms with van der Waals surface area (Å²) in [7, 11) is 0. The Balaban J connectivity index is 1.74. The molecule has 5 nitrogen and oxygen atoms in total. The molecule has 1 atom stereocenters. The van der Waals surface area contributed by atoms with E-state index in [2.05, 4.69) is 5.32 Å². The Bertz CT molecular complexity index is 582. The van der Waals surface area contributed by atoms with Crippen molar-refractivity contribution >= 4 is 23.6 Å². The van der Waals surface area contributed by atoms with Gasteiger partial charge in [-0.05, 0) is 55.7 Å². The highest BCUT2D eigenvalue weighted by atomic mass is 32.2. The number of rotatable bonds is 7. The zero-order valence-electron chi connectivity index (χ0n) is 13.6. The van der Waals surface area contributed by atoms with Gasteiger partial charge < -0.3 is 15.2 Å². The average Bonchev–Trinajstić information content (AvgIpc) is 2.97. The maximum absolute atomic E-state index is 12.0. The highest BCUT2D eigenvalue weighted by Crippen LogP contribution is 2.28. The van der Waals surface area contributed by atoms with Crippen LogP contribution in [0.3, 0.4) is 0 Å². The van der Waals surface area contributed by atoms with E-state index in [1.165, 1.54) is 11.1 Å². The first-order chi connectivity index (χ1) is 10.9. The van der Waals surface area contributed by atoms with Gasteiger partial charge in [0, 0.05) is 12.2 Å². The summed E-state index contributed by atoms with van der Waals surface area (Å²) in [4.78, 5) is 23.4. The number of hydrogen-bond acceptors (Lipinski definition) is 4. The van der Waals surface area contributed by atoms with Gasteiger partial charge in [0.15, 0.2) is 0 Å². The predicted octanol–water partition coefficient (Wildman–Crippen LogP) is 2.54. The number of amides is 1. The van der Waals surface area contributed by atoms with Crippen molar-refractivity contribution in [1.29, 1.82) is 0 Å². The maximum Gasteiger partial charge on any atom is 0.330 e. The van der Waals surface area contributed by atoms with Crippen molar-refractivity contribution in [2.75, 3.05) is 18.1 Å². The molecule has 1 aromatic rings. The molecule has 23 heavy (non-hydrogen) atoms. The van der Waals surface area contributed by atoms with Crippen LogP contribution in [0.4, 0.5) is 0 Å². The number of ether oxygens (including phenoxy) is 1. The van der Waals surface area contributed by atoms with E-state index in [0.29, 0.717) is 25.2 Å². The maximum atomic E-state index is 12.0. The van der Waals surface area contributed by atoms with E-state index < -0.39 is 11.5 Å². The van der Waals surface area contributed by atoms with Gasteiger partial charge in [0.25, 0.3) is 0 Å².